The van der Waals surface area contributed by atoms with Crippen molar-refractivity contribution in [3.63, 3.8) is 0 Å². The first-order valence-corrected chi connectivity index (χ1v) is 6.91. The van der Waals surface area contributed by atoms with Crippen LogP contribution in [0.3, 0.4) is 0 Å². The highest BCUT2D eigenvalue weighted by Gasteiger charge is 2.28. The maximum atomic E-state index is 5.37. The van der Waals surface area contributed by atoms with Crippen LogP contribution in [0.1, 0.15) is 42.6 Å². The van der Waals surface area contributed by atoms with E-state index in [0.717, 1.165) is 31.2 Å². The Balaban J connectivity index is 1.77. The third kappa shape index (κ3) is 2.84. The molecule has 2 heterocycles. The van der Waals surface area contributed by atoms with Crippen LogP contribution >= 0.6 is 0 Å². The number of aromatic nitrogens is 2. The molecule has 2 aromatic rings. The van der Waals surface area contributed by atoms with Crippen LogP contribution in [0.2, 0.25) is 0 Å². The first-order chi connectivity index (χ1) is 9.33. The molecule has 1 fully saturated rings. The van der Waals surface area contributed by atoms with Gasteiger partial charge in [-0.3, -0.25) is 4.90 Å². The Kier molecular flexibility index (Phi) is 3.60. The fourth-order valence-corrected chi connectivity index (χ4v) is 2.73. The molecule has 0 saturated carbocycles. The Morgan fingerprint density at radius 2 is 2.11 bits per heavy atom. The molecule has 4 nitrogen and oxygen atoms in total. The Morgan fingerprint density at radius 3 is 2.84 bits per heavy atom. The molecule has 0 bridgehead atoms. The van der Waals surface area contributed by atoms with E-state index in [2.05, 4.69) is 45.4 Å². The Bertz CT molecular complexity index is 523. The predicted octanol–water partition coefficient (Wildman–Crippen LogP) is 3.11. The summed E-state index contributed by atoms with van der Waals surface area (Å²) in [4.78, 5) is 6.86. The van der Waals surface area contributed by atoms with Gasteiger partial charge in [0.25, 0.3) is 0 Å². The van der Waals surface area contributed by atoms with Crippen LogP contribution in [-0.2, 0) is 6.54 Å². The maximum absolute atomic E-state index is 5.37. The van der Waals surface area contributed by atoms with Crippen molar-refractivity contribution in [3.05, 3.63) is 47.6 Å². The number of aryl methyl sites for hydroxylation is 1. The van der Waals surface area contributed by atoms with Crippen molar-refractivity contribution in [2.75, 3.05) is 6.54 Å². The molecule has 1 atom stereocenters. The second-order valence-corrected chi connectivity index (χ2v) is 5.15. The van der Waals surface area contributed by atoms with Gasteiger partial charge in [-0.1, -0.05) is 41.9 Å². The summed E-state index contributed by atoms with van der Waals surface area (Å²) < 4.78 is 5.37. The van der Waals surface area contributed by atoms with Gasteiger partial charge < -0.3 is 4.52 Å². The van der Waals surface area contributed by atoms with Crippen LogP contribution in [0.15, 0.2) is 34.9 Å². The van der Waals surface area contributed by atoms with Gasteiger partial charge in [-0.2, -0.15) is 4.98 Å². The van der Waals surface area contributed by atoms with Gasteiger partial charge in [0, 0.05) is 6.54 Å². The van der Waals surface area contributed by atoms with Crippen molar-refractivity contribution in [1.82, 2.24) is 15.0 Å². The van der Waals surface area contributed by atoms with Crippen LogP contribution in [0.25, 0.3) is 0 Å². The summed E-state index contributed by atoms with van der Waals surface area (Å²) in [5.74, 6) is 1.49. The van der Waals surface area contributed by atoms with Gasteiger partial charge in [-0.05, 0) is 31.9 Å². The molecule has 4 heteroatoms. The molecular formula is C15H19N3O. The van der Waals surface area contributed by atoms with Gasteiger partial charge in [-0.15, -0.1) is 0 Å². The Labute approximate surface area is 113 Å². The quantitative estimate of drug-likeness (QED) is 0.847. The van der Waals surface area contributed by atoms with E-state index in [4.69, 9.17) is 4.52 Å². The fourth-order valence-electron chi connectivity index (χ4n) is 2.73. The van der Waals surface area contributed by atoms with Crippen LogP contribution in [0.4, 0.5) is 0 Å². The molecule has 1 aromatic carbocycles. The van der Waals surface area contributed by atoms with E-state index in [0.29, 0.717) is 0 Å². The SMILES string of the molecule is Cc1noc([C@@H]2CCCCN2Cc2ccccc2)n1. The van der Waals surface area contributed by atoms with Gasteiger partial charge in [0.05, 0.1) is 6.04 Å². The van der Waals surface area contributed by atoms with Crippen molar-refractivity contribution in [2.45, 2.75) is 38.8 Å². The van der Waals surface area contributed by atoms with Gasteiger partial charge in [0.15, 0.2) is 5.82 Å². The zero-order valence-electron chi connectivity index (χ0n) is 11.2. The van der Waals surface area contributed by atoms with Gasteiger partial charge in [0.2, 0.25) is 5.89 Å². The number of piperidine rings is 1. The van der Waals surface area contributed by atoms with E-state index in [1.807, 2.05) is 6.92 Å². The number of likely N-dealkylation sites (tertiary alicyclic amines) is 1. The molecule has 100 valence electrons. The molecule has 1 aliphatic heterocycles. The van der Waals surface area contributed by atoms with Crippen molar-refractivity contribution < 1.29 is 4.52 Å². The van der Waals surface area contributed by atoms with E-state index in [-0.39, 0.29) is 6.04 Å². The summed E-state index contributed by atoms with van der Waals surface area (Å²) in [6.45, 7) is 3.92. The van der Waals surface area contributed by atoms with E-state index in [9.17, 15) is 0 Å². The minimum absolute atomic E-state index is 0.273. The van der Waals surface area contributed by atoms with Crippen LogP contribution in [0.5, 0.6) is 0 Å². The standard InChI is InChI=1S/C15H19N3O/c1-12-16-15(19-17-12)14-9-5-6-10-18(14)11-13-7-3-2-4-8-13/h2-4,7-8,14H,5-6,9-11H2,1H3/t14-/m0/s1. The highest BCUT2D eigenvalue weighted by atomic mass is 16.5. The van der Waals surface area contributed by atoms with Gasteiger partial charge in [0.1, 0.15) is 0 Å². The zero-order chi connectivity index (χ0) is 13.1. The molecule has 0 spiro atoms. The van der Waals surface area contributed by atoms with Crippen molar-refractivity contribution in [3.8, 4) is 0 Å². The van der Waals surface area contributed by atoms with Crippen LogP contribution in [-0.4, -0.2) is 21.6 Å². The topological polar surface area (TPSA) is 42.2 Å². The molecule has 0 unspecified atom stereocenters. The smallest absolute Gasteiger partial charge is 0.243 e. The number of nitrogens with zero attached hydrogens (tertiary/aromatic N) is 3. The first kappa shape index (κ1) is 12.4. The summed E-state index contributed by atoms with van der Waals surface area (Å²) in [5, 5.41) is 3.92. The molecule has 1 saturated heterocycles. The summed E-state index contributed by atoms with van der Waals surface area (Å²) in [5.41, 5.74) is 1.34. The van der Waals surface area contributed by atoms with Crippen molar-refractivity contribution >= 4 is 0 Å². The molecule has 3 rings (SSSR count). The lowest BCUT2D eigenvalue weighted by atomic mass is 10.0. The van der Waals surface area contributed by atoms with E-state index in [1.54, 1.807) is 0 Å². The summed E-state index contributed by atoms with van der Waals surface area (Å²) in [6, 6.07) is 10.8. The normalized spacial score (nSPS) is 20.6. The lowest BCUT2D eigenvalue weighted by molar-refractivity contribution is 0.111. The second-order valence-electron chi connectivity index (χ2n) is 5.15. The number of rotatable bonds is 3. The second kappa shape index (κ2) is 5.53. The van der Waals surface area contributed by atoms with Crippen LogP contribution < -0.4 is 0 Å². The average Bonchev–Trinajstić information content (AvgIpc) is 2.87. The van der Waals surface area contributed by atoms with Crippen molar-refractivity contribution in [2.24, 2.45) is 0 Å². The monoisotopic (exact) mass is 257 g/mol. The zero-order valence-corrected chi connectivity index (χ0v) is 11.2. The maximum Gasteiger partial charge on any atom is 0.243 e. The summed E-state index contributed by atoms with van der Waals surface area (Å²) >= 11 is 0. The van der Waals surface area contributed by atoms with Gasteiger partial charge >= 0.3 is 0 Å². The fraction of sp³-hybridized carbons (Fsp3) is 0.467. The highest BCUT2D eigenvalue weighted by molar-refractivity contribution is 5.15. The highest BCUT2D eigenvalue weighted by Crippen LogP contribution is 2.31. The molecule has 0 amide bonds. The van der Waals surface area contributed by atoms with Gasteiger partial charge in [-0.25, -0.2) is 0 Å². The molecular weight excluding hydrogens is 238 g/mol. The van der Waals surface area contributed by atoms with E-state index < -0.39 is 0 Å². The molecule has 1 aromatic heterocycles. The minimum atomic E-state index is 0.273. The predicted molar refractivity (Wildman–Crippen MR) is 72.5 cm³/mol. The lowest BCUT2D eigenvalue weighted by Gasteiger charge is -2.33. The number of hydrogen-bond donors (Lipinski definition) is 0. The number of benzene rings is 1. The Hall–Kier alpha value is -1.68. The largest absolute Gasteiger partial charge is 0.338 e. The van der Waals surface area contributed by atoms with Crippen LogP contribution in [0, 0.1) is 6.92 Å². The summed E-state index contributed by atoms with van der Waals surface area (Å²) in [7, 11) is 0. The molecule has 0 radical (unpaired) electrons. The van der Waals surface area contributed by atoms with E-state index in [1.165, 1.54) is 18.4 Å². The Morgan fingerprint density at radius 1 is 1.26 bits per heavy atom. The van der Waals surface area contributed by atoms with E-state index >= 15 is 0 Å². The minimum Gasteiger partial charge on any atom is -0.338 e. The first-order valence-electron chi connectivity index (χ1n) is 6.91. The number of hydrogen-bond acceptors (Lipinski definition) is 4. The van der Waals surface area contributed by atoms with Crippen molar-refractivity contribution in [1.29, 1.82) is 0 Å². The molecule has 0 N–H and O–H groups in total. The molecule has 1 aliphatic rings. The average molecular weight is 257 g/mol. The third-order valence-corrected chi connectivity index (χ3v) is 3.67. The molecule has 19 heavy (non-hydrogen) atoms. The third-order valence-electron chi connectivity index (χ3n) is 3.67. The molecule has 0 aliphatic carbocycles. The lowest BCUT2D eigenvalue weighted by Crippen LogP contribution is -2.33. The summed E-state index contributed by atoms with van der Waals surface area (Å²) in [6.07, 6.45) is 3.59.